The van der Waals surface area contributed by atoms with Gasteiger partial charge in [-0.05, 0) is 6.92 Å². The fraction of sp³-hybridized carbons (Fsp3) is 0.100. The number of carbonyl (C=O) groups excluding carboxylic acids is 1. The molecule has 0 spiro atoms. The smallest absolute Gasteiger partial charge is 0.339 e. The van der Waals surface area contributed by atoms with Gasteiger partial charge in [-0.25, -0.2) is 9.78 Å². The van der Waals surface area contributed by atoms with E-state index in [1.807, 2.05) is 0 Å². The number of carbonyl (C=O) groups is 2. The maximum absolute atomic E-state index is 11.7. The molecular weight excluding hydrogens is 224 g/mol. The number of aromatic carboxylic acids is 1. The maximum atomic E-state index is 11.7. The normalized spacial score (nSPS) is 10.2. The average molecular weight is 234 g/mol. The van der Waals surface area contributed by atoms with Crippen LogP contribution in [0.1, 0.15) is 26.5 Å². The van der Waals surface area contributed by atoms with Crippen molar-refractivity contribution in [1.82, 2.24) is 15.0 Å². The first-order chi connectivity index (χ1) is 8.09. The highest BCUT2D eigenvalue weighted by Gasteiger charge is 2.17. The third-order valence-corrected chi connectivity index (χ3v) is 2.28. The van der Waals surface area contributed by atoms with Crippen LogP contribution in [-0.4, -0.2) is 31.9 Å². The Morgan fingerprint density at radius 3 is 2.76 bits per heavy atom. The number of carboxylic acids is 1. The second-order valence-corrected chi connectivity index (χ2v) is 3.43. The van der Waals surface area contributed by atoms with Crippen molar-refractivity contribution in [3.8, 4) is 0 Å². The summed E-state index contributed by atoms with van der Waals surface area (Å²) in [6.45, 7) is 1.62. The quantitative estimate of drug-likeness (QED) is 0.634. The molecule has 2 heterocycles. The van der Waals surface area contributed by atoms with Gasteiger partial charge in [0.2, 0.25) is 0 Å². The number of hydrogen-bond donors (Lipinski definition) is 4. The Morgan fingerprint density at radius 2 is 2.18 bits per heavy atom. The Hall–Kier alpha value is -2.57. The van der Waals surface area contributed by atoms with E-state index in [0.717, 1.165) is 0 Å². The van der Waals surface area contributed by atoms with E-state index in [-0.39, 0.29) is 16.9 Å². The van der Waals surface area contributed by atoms with Crippen LogP contribution in [0.3, 0.4) is 0 Å². The fourth-order valence-corrected chi connectivity index (χ4v) is 1.47. The highest BCUT2D eigenvalue weighted by Crippen LogP contribution is 2.19. The summed E-state index contributed by atoms with van der Waals surface area (Å²) in [5, 5.41) is 11.5. The largest absolute Gasteiger partial charge is 0.478 e. The van der Waals surface area contributed by atoms with Crippen LogP contribution < -0.4 is 5.32 Å². The van der Waals surface area contributed by atoms with Crippen molar-refractivity contribution in [1.29, 1.82) is 0 Å². The topological polar surface area (TPSA) is 111 Å². The van der Waals surface area contributed by atoms with Crippen LogP contribution in [0, 0.1) is 6.92 Å². The van der Waals surface area contributed by atoms with Gasteiger partial charge in [0.25, 0.3) is 5.91 Å². The number of aryl methyl sites for hydroxylation is 1. The molecule has 2 aromatic heterocycles. The number of H-pyrrole nitrogens is 2. The number of nitrogens with zero attached hydrogens (tertiary/aromatic N) is 1. The molecule has 1 amide bonds. The lowest BCUT2D eigenvalue weighted by molar-refractivity contribution is 0.0697. The molecule has 0 radical (unpaired) electrons. The average Bonchev–Trinajstić information content (AvgIpc) is 2.87. The zero-order valence-corrected chi connectivity index (χ0v) is 8.94. The molecule has 0 bridgehead atoms. The molecular formula is C10H10N4O3. The highest BCUT2D eigenvalue weighted by atomic mass is 16.4. The number of carboxylic acid groups (broad SMARTS) is 1. The minimum absolute atomic E-state index is 0.0536. The minimum Gasteiger partial charge on any atom is -0.478 e. The summed E-state index contributed by atoms with van der Waals surface area (Å²) in [5.41, 5.74) is 1.03. The molecule has 2 aromatic rings. The van der Waals surface area contributed by atoms with E-state index < -0.39 is 11.9 Å². The first kappa shape index (κ1) is 10.9. The second-order valence-electron chi connectivity index (χ2n) is 3.43. The number of anilines is 1. The molecule has 0 unspecified atom stereocenters. The van der Waals surface area contributed by atoms with E-state index >= 15 is 0 Å². The number of aromatic amines is 2. The minimum atomic E-state index is -1.09. The van der Waals surface area contributed by atoms with Crippen molar-refractivity contribution >= 4 is 17.6 Å². The van der Waals surface area contributed by atoms with E-state index in [0.29, 0.717) is 5.69 Å². The van der Waals surface area contributed by atoms with Gasteiger partial charge in [0, 0.05) is 11.9 Å². The van der Waals surface area contributed by atoms with Crippen molar-refractivity contribution in [2.24, 2.45) is 0 Å². The van der Waals surface area contributed by atoms with Gasteiger partial charge in [0.1, 0.15) is 11.3 Å². The summed E-state index contributed by atoms with van der Waals surface area (Å²) in [6, 6.07) is 0. The van der Waals surface area contributed by atoms with Crippen LogP contribution in [0.5, 0.6) is 0 Å². The summed E-state index contributed by atoms with van der Waals surface area (Å²) in [7, 11) is 0. The lowest BCUT2D eigenvalue weighted by Gasteiger charge is -2.02. The zero-order valence-electron chi connectivity index (χ0n) is 8.94. The zero-order chi connectivity index (χ0) is 12.4. The molecule has 0 aromatic carbocycles. The molecule has 2 rings (SSSR count). The number of imidazole rings is 1. The van der Waals surface area contributed by atoms with Gasteiger partial charge in [-0.2, -0.15) is 0 Å². The lowest BCUT2D eigenvalue weighted by Crippen LogP contribution is -2.14. The van der Waals surface area contributed by atoms with Crippen molar-refractivity contribution in [3.05, 3.63) is 35.7 Å². The van der Waals surface area contributed by atoms with Crippen molar-refractivity contribution in [3.63, 3.8) is 0 Å². The molecule has 0 aliphatic heterocycles. The van der Waals surface area contributed by atoms with E-state index in [1.54, 1.807) is 6.92 Å². The summed E-state index contributed by atoms with van der Waals surface area (Å²) in [6.07, 6.45) is 4.16. The van der Waals surface area contributed by atoms with E-state index in [2.05, 4.69) is 20.3 Å². The van der Waals surface area contributed by atoms with E-state index in [1.165, 1.54) is 18.7 Å². The summed E-state index contributed by atoms with van der Waals surface area (Å²) in [4.78, 5) is 31.7. The Morgan fingerprint density at radius 1 is 1.41 bits per heavy atom. The van der Waals surface area contributed by atoms with Crippen molar-refractivity contribution in [2.45, 2.75) is 6.92 Å². The number of rotatable bonds is 3. The van der Waals surface area contributed by atoms with Gasteiger partial charge in [0.15, 0.2) is 0 Å². The highest BCUT2D eigenvalue weighted by molar-refractivity contribution is 6.07. The van der Waals surface area contributed by atoms with Gasteiger partial charge in [-0.1, -0.05) is 0 Å². The predicted molar refractivity (Wildman–Crippen MR) is 59.0 cm³/mol. The summed E-state index contributed by atoms with van der Waals surface area (Å²) in [5.74, 6) is -1.53. The Balaban J connectivity index is 2.25. The molecule has 0 saturated carbocycles. The van der Waals surface area contributed by atoms with Crippen LogP contribution in [0.15, 0.2) is 18.7 Å². The van der Waals surface area contributed by atoms with Crippen LogP contribution in [0.2, 0.25) is 0 Å². The molecule has 0 atom stereocenters. The van der Waals surface area contributed by atoms with Gasteiger partial charge in [0.05, 0.1) is 18.2 Å². The number of nitrogens with one attached hydrogen (secondary N) is 3. The molecule has 0 saturated heterocycles. The molecule has 4 N–H and O–H groups in total. The number of hydrogen-bond acceptors (Lipinski definition) is 3. The third kappa shape index (κ3) is 2.03. The number of aromatic nitrogens is 3. The van der Waals surface area contributed by atoms with Crippen molar-refractivity contribution in [2.75, 3.05) is 5.32 Å². The third-order valence-electron chi connectivity index (χ3n) is 2.28. The fourth-order valence-electron chi connectivity index (χ4n) is 1.47. The molecule has 7 nitrogen and oxygen atoms in total. The summed E-state index contributed by atoms with van der Waals surface area (Å²) < 4.78 is 0. The first-order valence-electron chi connectivity index (χ1n) is 4.80. The molecule has 17 heavy (non-hydrogen) atoms. The van der Waals surface area contributed by atoms with E-state index in [4.69, 9.17) is 5.11 Å². The monoisotopic (exact) mass is 234 g/mol. The van der Waals surface area contributed by atoms with Crippen molar-refractivity contribution < 1.29 is 14.7 Å². The van der Waals surface area contributed by atoms with Gasteiger partial charge < -0.3 is 20.4 Å². The Labute approximate surface area is 95.9 Å². The second kappa shape index (κ2) is 4.12. The Bertz CT molecular complexity index is 556. The standard InChI is InChI=1S/C10H10N4O3/c1-5-8(10(16)17)6(3-12-5)14-9(15)7-2-11-4-13-7/h2-4,12H,1H3,(H,11,13)(H,14,15)(H,16,17). The molecule has 0 aliphatic rings. The SMILES string of the molecule is Cc1[nH]cc(NC(=O)c2cnc[nH]2)c1C(=O)O. The lowest BCUT2D eigenvalue weighted by atomic mass is 10.2. The molecule has 0 fully saturated rings. The predicted octanol–water partition coefficient (Wildman–Crippen LogP) is 0.997. The molecule has 7 heteroatoms. The van der Waals surface area contributed by atoms with Gasteiger partial charge in [-0.15, -0.1) is 0 Å². The number of amides is 1. The summed E-state index contributed by atoms with van der Waals surface area (Å²) >= 11 is 0. The van der Waals surface area contributed by atoms with Crippen LogP contribution in [0.25, 0.3) is 0 Å². The van der Waals surface area contributed by atoms with Crippen LogP contribution in [0.4, 0.5) is 5.69 Å². The molecule has 0 aliphatic carbocycles. The first-order valence-corrected chi connectivity index (χ1v) is 4.80. The molecule has 88 valence electrons. The Kier molecular flexibility index (Phi) is 2.65. The van der Waals surface area contributed by atoms with Gasteiger partial charge >= 0.3 is 5.97 Å². The van der Waals surface area contributed by atoms with Crippen LogP contribution in [-0.2, 0) is 0 Å². The van der Waals surface area contributed by atoms with E-state index in [9.17, 15) is 9.59 Å². The van der Waals surface area contributed by atoms with Crippen LogP contribution >= 0.6 is 0 Å². The maximum Gasteiger partial charge on any atom is 0.339 e. The van der Waals surface area contributed by atoms with Gasteiger partial charge in [-0.3, -0.25) is 4.79 Å².